The summed E-state index contributed by atoms with van der Waals surface area (Å²) < 4.78 is 43.1. The summed E-state index contributed by atoms with van der Waals surface area (Å²) >= 11 is 0. The van der Waals surface area contributed by atoms with E-state index in [-0.39, 0.29) is 18.1 Å². The quantitative estimate of drug-likeness (QED) is 0.933. The van der Waals surface area contributed by atoms with Crippen LogP contribution in [-0.4, -0.2) is 20.9 Å². The predicted octanol–water partition coefficient (Wildman–Crippen LogP) is 2.55. The van der Waals surface area contributed by atoms with Crippen LogP contribution in [0.25, 0.3) is 0 Å². The number of carboxylic acids is 1. The van der Waals surface area contributed by atoms with Crippen molar-refractivity contribution >= 4 is 5.97 Å². The van der Waals surface area contributed by atoms with E-state index in [1.807, 2.05) is 0 Å². The van der Waals surface area contributed by atoms with Crippen LogP contribution >= 0.6 is 0 Å². The van der Waals surface area contributed by atoms with Crippen molar-refractivity contribution in [3.8, 4) is 0 Å². The summed E-state index contributed by atoms with van der Waals surface area (Å²) in [5, 5.41) is 12.3. The second-order valence-corrected chi connectivity index (χ2v) is 3.95. The van der Waals surface area contributed by atoms with Crippen LogP contribution < -0.4 is 0 Å². The fraction of sp³-hybridized carbons (Fsp3) is 0.273. The average molecular weight is 274 g/mol. The fourth-order valence-corrected chi connectivity index (χ4v) is 1.59. The molecule has 2 heterocycles. The number of aryl methyl sites for hydroxylation is 1. The molecule has 0 radical (unpaired) electrons. The van der Waals surface area contributed by atoms with Crippen LogP contribution in [0.5, 0.6) is 0 Å². The first-order chi connectivity index (χ1) is 8.77. The van der Waals surface area contributed by atoms with Crippen molar-refractivity contribution in [1.29, 1.82) is 0 Å². The van der Waals surface area contributed by atoms with Crippen LogP contribution in [0.3, 0.4) is 0 Å². The Morgan fingerprint density at radius 2 is 2.21 bits per heavy atom. The summed E-state index contributed by atoms with van der Waals surface area (Å²) in [4.78, 5) is 10.8. The first-order valence-corrected chi connectivity index (χ1v) is 5.19. The lowest BCUT2D eigenvalue weighted by Gasteiger charge is -2.00. The van der Waals surface area contributed by atoms with E-state index in [9.17, 15) is 18.0 Å². The minimum atomic E-state index is -4.45. The molecule has 0 atom stereocenters. The number of hydrogen-bond acceptors (Lipinski definition) is 3. The van der Waals surface area contributed by atoms with Crippen molar-refractivity contribution in [2.24, 2.45) is 0 Å². The Bertz CT molecular complexity index is 613. The maximum atomic E-state index is 12.4. The highest BCUT2D eigenvalue weighted by molar-refractivity contribution is 5.86. The molecule has 2 rings (SSSR count). The van der Waals surface area contributed by atoms with Crippen LogP contribution in [0.15, 0.2) is 22.9 Å². The molecule has 2 aromatic heterocycles. The molecule has 0 saturated carbocycles. The fourth-order valence-electron chi connectivity index (χ4n) is 1.59. The summed E-state index contributed by atoms with van der Waals surface area (Å²) in [6.45, 7) is 1.48. The van der Waals surface area contributed by atoms with Crippen molar-refractivity contribution in [2.75, 3.05) is 0 Å². The summed E-state index contributed by atoms with van der Waals surface area (Å²) in [6, 6.07) is 1.46. The van der Waals surface area contributed by atoms with Crippen LogP contribution in [-0.2, 0) is 12.7 Å². The molecule has 0 saturated heterocycles. The van der Waals surface area contributed by atoms with Gasteiger partial charge in [-0.25, -0.2) is 4.79 Å². The van der Waals surface area contributed by atoms with Crippen LogP contribution in [0.4, 0.5) is 13.2 Å². The molecule has 0 unspecified atom stereocenters. The van der Waals surface area contributed by atoms with Gasteiger partial charge in [0.05, 0.1) is 18.3 Å². The smallest absolute Gasteiger partial charge is 0.419 e. The maximum Gasteiger partial charge on any atom is 0.419 e. The van der Waals surface area contributed by atoms with Gasteiger partial charge < -0.3 is 9.52 Å². The molecule has 8 heteroatoms. The molecule has 0 aliphatic carbocycles. The van der Waals surface area contributed by atoms with Gasteiger partial charge in [0.25, 0.3) is 0 Å². The van der Waals surface area contributed by atoms with Crippen LogP contribution in [0.2, 0.25) is 0 Å². The predicted molar refractivity (Wildman–Crippen MR) is 56.7 cm³/mol. The second-order valence-electron chi connectivity index (χ2n) is 3.95. The van der Waals surface area contributed by atoms with Gasteiger partial charge in [-0.2, -0.15) is 18.3 Å². The van der Waals surface area contributed by atoms with Gasteiger partial charge in [-0.1, -0.05) is 0 Å². The molecule has 5 nitrogen and oxygen atoms in total. The number of carbonyl (C=O) groups is 1. The molecule has 0 fully saturated rings. The molecule has 1 N–H and O–H groups in total. The Morgan fingerprint density at radius 3 is 2.68 bits per heavy atom. The van der Waals surface area contributed by atoms with E-state index >= 15 is 0 Å². The lowest BCUT2D eigenvalue weighted by atomic mass is 10.2. The lowest BCUT2D eigenvalue weighted by molar-refractivity contribution is -0.137. The summed E-state index contributed by atoms with van der Waals surface area (Å²) in [5.41, 5.74) is -0.458. The van der Waals surface area contributed by atoms with E-state index in [1.165, 1.54) is 6.07 Å². The van der Waals surface area contributed by atoms with Crippen molar-refractivity contribution in [3.05, 3.63) is 41.1 Å². The van der Waals surface area contributed by atoms with E-state index in [2.05, 4.69) is 5.10 Å². The SMILES string of the molecule is Cc1cc(Cn2cc(C(F)(F)F)cn2)oc1C(=O)O. The second kappa shape index (κ2) is 4.45. The number of furan rings is 1. The minimum absolute atomic E-state index is 0.0653. The van der Waals surface area contributed by atoms with Crippen molar-refractivity contribution in [3.63, 3.8) is 0 Å². The largest absolute Gasteiger partial charge is 0.475 e. The van der Waals surface area contributed by atoms with Gasteiger partial charge in [0.15, 0.2) is 0 Å². The monoisotopic (exact) mass is 274 g/mol. The normalized spacial score (nSPS) is 11.8. The molecule has 19 heavy (non-hydrogen) atoms. The van der Waals surface area contributed by atoms with Gasteiger partial charge in [-0.15, -0.1) is 0 Å². The summed E-state index contributed by atoms with van der Waals surface area (Å²) in [7, 11) is 0. The third kappa shape index (κ3) is 2.78. The van der Waals surface area contributed by atoms with Crippen LogP contribution in [0.1, 0.15) is 27.4 Å². The number of halogens is 3. The van der Waals surface area contributed by atoms with Gasteiger partial charge in [0.2, 0.25) is 5.76 Å². The molecule has 0 aromatic carbocycles. The summed E-state index contributed by atoms with van der Waals surface area (Å²) in [6.07, 6.45) is -2.92. The number of nitrogens with zero attached hydrogens (tertiary/aromatic N) is 2. The van der Waals surface area contributed by atoms with E-state index in [1.54, 1.807) is 6.92 Å². The first kappa shape index (κ1) is 13.2. The van der Waals surface area contributed by atoms with Crippen molar-refractivity contribution < 1.29 is 27.5 Å². The van der Waals surface area contributed by atoms with Gasteiger partial charge in [0.1, 0.15) is 5.76 Å². The number of alkyl halides is 3. The van der Waals surface area contributed by atoms with Crippen molar-refractivity contribution in [2.45, 2.75) is 19.6 Å². The Kier molecular flexibility index (Phi) is 3.09. The van der Waals surface area contributed by atoms with Crippen LogP contribution in [0, 0.1) is 6.92 Å². The maximum absolute atomic E-state index is 12.4. The zero-order valence-electron chi connectivity index (χ0n) is 9.73. The minimum Gasteiger partial charge on any atom is -0.475 e. The number of rotatable bonds is 3. The van der Waals surface area contributed by atoms with E-state index < -0.39 is 17.7 Å². The molecule has 0 aliphatic heterocycles. The Labute approximate surface area is 105 Å². The third-order valence-corrected chi connectivity index (χ3v) is 2.44. The topological polar surface area (TPSA) is 68.3 Å². The Morgan fingerprint density at radius 1 is 1.53 bits per heavy atom. The molecule has 0 spiro atoms. The van der Waals surface area contributed by atoms with E-state index in [0.29, 0.717) is 11.8 Å². The zero-order chi connectivity index (χ0) is 14.2. The van der Waals surface area contributed by atoms with Gasteiger partial charge in [-0.05, 0) is 13.0 Å². The molecule has 2 aromatic rings. The number of carboxylic acid groups (broad SMARTS) is 1. The van der Waals surface area contributed by atoms with E-state index in [4.69, 9.17) is 9.52 Å². The molecule has 0 amide bonds. The molecular weight excluding hydrogens is 265 g/mol. The van der Waals surface area contributed by atoms with Crippen molar-refractivity contribution in [1.82, 2.24) is 9.78 Å². The molecular formula is C11H9F3N2O3. The number of aromatic nitrogens is 2. The van der Waals surface area contributed by atoms with Gasteiger partial charge in [-0.3, -0.25) is 4.68 Å². The highest BCUT2D eigenvalue weighted by Crippen LogP contribution is 2.28. The highest BCUT2D eigenvalue weighted by atomic mass is 19.4. The highest BCUT2D eigenvalue weighted by Gasteiger charge is 2.32. The zero-order valence-corrected chi connectivity index (χ0v) is 9.73. The van der Waals surface area contributed by atoms with Gasteiger partial charge >= 0.3 is 12.1 Å². The molecule has 0 aliphatic rings. The standard InChI is InChI=1S/C11H9F3N2O3/c1-6-2-8(19-9(6)10(17)18)5-16-4-7(3-15-16)11(12,13)14/h2-4H,5H2,1H3,(H,17,18). The van der Waals surface area contributed by atoms with E-state index in [0.717, 1.165) is 10.9 Å². The number of aromatic carboxylic acids is 1. The Balaban J connectivity index is 2.20. The number of hydrogen-bond donors (Lipinski definition) is 1. The molecule has 0 bridgehead atoms. The average Bonchev–Trinajstić information content (AvgIpc) is 2.85. The lowest BCUT2D eigenvalue weighted by Crippen LogP contribution is -2.03. The third-order valence-electron chi connectivity index (χ3n) is 2.44. The molecule has 102 valence electrons. The van der Waals surface area contributed by atoms with Gasteiger partial charge in [0, 0.05) is 11.8 Å². The Hall–Kier alpha value is -2.25. The summed E-state index contributed by atoms with van der Waals surface area (Å²) in [5.74, 6) is -1.22. The first-order valence-electron chi connectivity index (χ1n) is 5.19.